The van der Waals surface area contributed by atoms with E-state index in [4.69, 9.17) is 9.47 Å². The molecule has 0 aliphatic carbocycles. The monoisotopic (exact) mass is 355 g/mol. The van der Waals surface area contributed by atoms with Gasteiger partial charge in [-0.2, -0.15) is 0 Å². The van der Waals surface area contributed by atoms with Crippen LogP contribution < -0.4 is 4.74 Å². The standard InChI is InChI=1S/C16H22BrNO3/c1-16(2,3)21-15(19)18-9-8-11(10-18)12-6-5-7-13(17)14(12)20-4/h5-7,11H,8-10H2,1-4H3. The fourth-order valence-corrected chi connectivity index (χ4v) is 3.11. The zero-order valence-electron chi connectivity index (χ0n) is 13.0. The zero-order chi connectivity index (χ0) is 15.6. The van der Waals surface area contributed by atoms with Crippen molar-refractivity contribution in [3.05, 3.63) is 28.2 Å². The highest BCUT2D eigenvalue weighted by atomic mass is 79.9. The number of amides is 1. The maximum Gasteiger partial charge on any atom is 0.410 e. The minimum atomic E-state index is -0.456. The molecule has 21 heavy (non-hydrogen) atoms. The molecule has 0 N–H and O–H groups in total. The summed E-state index contributed by atoms with van der Waals surface area (Å²) >= 11 is 3.51. The van der Waals surface area contributed by atoms with Crippen molar-refractivity contribution in [3.8, 4) is 5.75 Å². The second-order valence-corrected chi connectivity index (χ2v) is 7.13. The molecule has 1 unspecified atom stereocenters. The third-order valence-electron chi connectivity index (χ3n) is 3.48. The van der Waals surface area contributed by atoms with Crippen LogP contribution in [0.15, 0.2) is 22.7 Å². The molecule has 0 aromatic heterocycles. The number of carbonyl (C=O) groups is 1. The molecule has 0 spiro atoms. The van der Waals surface area contributed by atoms with Gasteiger partial charge in [0.2, 0.25) is 0 Å². The lowest BCUT2D eigenvalue weighted by molar-refractivity contribution is 0.0292. The predicted molar refractivity (Wildman–Crippen MR) is 85.9 cm³/mol. The topological polar surface area (TPSA) is 38.8 Å². The number of carbonyl (C=O) groups excluding carboxylic acids is 1. The summed E-state index contributed by atoms with van der Waals surface area (Å²) < 4.78 is 11.9. The van der Waals surface area contributed by atoms with Gasteiger partial charge in [0.15, 0.2) is 0 Å². The van der Waals surface area contributed by atoms with Crippen LogP contribution in [0.25, 0.3) is 0 Å². The van der Waals surface area contributed by atoms with Gasteiger partial charge in [0.25, 0.3) is 0 Å². The van der Waals surface area contributed by atoms with E-state index in [0.29, 0.717) is 6.54 Å². The van der Waals surface area contributed by atoms with E-state index in [1.54, 1.807) is 12.0 Å². The molecule has 0 bridgehead atoms. The number of para-hydroxylation sites is 1. The van der Waals surface area contributed by atoms with Crippen molar-refractivity contribution < 1.29 is 14.3 Å². The normalized spacial score (nSPS) is 18.7. The molecule has 1 aliphatic rings. The number of likely N-dealkylation sites (tertiary alicyclic amines) is 1. The van der Waals surface area contributed by atoms with E-state index in [-0.39, 0.29) is 12.0 Å². The zero-order valence-corrected chi connectivity index (χ0v) is 14.6. The summed E-state index contributed by atoms with van der Waals surface area (Å²) in [4.78, 5) is 13.9. The third-order valence-corrected chi connectivity index (χ3v) is 4.11. The first-order valence-electron chi connectivity index (χ1n) is 7.12. The summed E-state index contributed by atoms with van der Waals surface area (Å²) in [6, 6.07) is 6.02. The van der Waals surface area contributed by atoms with Crippen molar-refractivity contribution >= 4 is 22.0 Å². The van der Waals surface area contributed by atoms with Crippen LogP contribution in [0.3, 0.4) is 0 Å². The maximum atomic E-state index is 12.1. The van der Waals surface area contributed by atoms with Gasteiger partial charge in [-0.3, -0.25) is 0 Å². The van der Waals surface area contributed by atoms with E-state index in [0.717, 1.165) is 28.8 Å². The fourth-order valence-electron chi connectivity index (χ4n) is 2.57. The molecule has 0 radical (unpaired) electrons. The molecular formula is C16H22BrNO3. The van der Waals surface area contributed by atoms with Crippen LogP contribution in [-0.2, 0) is 4.74 Å². The van der Waals surface area contributed by atoms with E-state index < -0.39 is 5.60 Å². The number of methoxy groups -OCH3 is 1. The molecular weight excluding hydrogens is 334 g/mol. The van der Waals surface area contributed by atoms with Gasteiger partial charge in [-0.05, 0) is 49.2 Å². The van der Waals surface area contributed by atoms with Gasteiger partial charge in [0.05, 0.1) is 11.6 Å². The molecule has 1 heterocycles. The van der Waals surface area contributed by atoms with Crippen molar-refractivity contribution in [3.63, 3.8) is 0 Å². The second-order valence-electron chi connectivity index (χ2n) is 6.27. The quantitative estimate of drug-likeness (QED) is 0.798. The number of hydrogen-bond donors (Lipinski definition) is 0. The molecule has 116 valence electrons. The maximum absolute atomic E-state index is 12.1. The summed E-state index contributed by atoms with van der Waals surface area (Å²) in [5.41, 5.74) is 0.681. The molecule has 4 nitrogen and oxygen atoms in total. The molecule has 1 aromatic carbocycles. The van der Waals surface area contributed by atoms with Gasteiger partial charge < -0.3 is 14.4 Å². The lowest BCUT2D eigenvalue weighted by Crippen LogP contribution is -2.35. The van der Waals surface area contributed by atoms with Crippen LogP contribution in [0.2, 0.25) is 0 Å². The molecule has 0 saturated carbocycles. The van der Waals surface area contributed by atoms with Gasteiger partial charge in [-0.15, -0.1) is 0 Å². The van der Waals surface area contributed by atoms with Crippen molar-refractivity contribution in [1.29, 1.82) is 0 Å². The smallest absolute Gasteiger partial charge is 0.410 e. The predicted octanol–water partition coefficient (Wildman–Crippen LogP) is 4.18. The van der Waals surface area contributed by atoms with Crippen molar-refractivity contribution in [2.45, 2.75) is 38.7 Å². The highest BCUT2D eigenvalue weighted by molar-refractivity contribution is 9.10. The van der Waals surface area contributed by atoms with Crippen molar-refractivity contribution in [2.75, 3.05) is 20.2 Å². The van der Waals surface area contributed by atoms with E-state index in [1.165, 1.54) is 0 Å². The van der Waals surface area contributed by atoms with E-state index in [2.05, 4.69) is 22.0 Å². The minimum Gasteiger partial charge on any atom is -0.495 e. The fraction of sp³-hybridized carbons (Fsp3) is 0.562. The number of benzene rings is 1. The van der Waals surface area contributed by atoms with Crippen LogP contribution in [0, 0.1) is 0 Å². The Morgan fingerprint density at radius 2 is 2.10 bits per heavy atom. The average molecular weight is 356 g/mol. The highest BCUT2D eigenvalue weighted by Crippen LogP contribution is 2.38. The Morgan fingerprint density at radius 3 is 2.71 bits per heavy atom. The van der Waals surface area contributed by atoms with Crippen LogP contribution in [-0.4, -0.2) is 36.8 Å². The van der Waals surface area contributed by atoms with Crippen LogP contribution >= 0.6 is 15.9 Å². The molecule has 1 atom stereocenters. The first-order valence-corrected chi connectivity index (χ1v) is 7.91. The largest absolute Gasteiger partial charge is 0.495 e. The molecule has 2 rings (SSSR count). The second kappa shape index (κ2) is 6.26. The molecule has 1 fully saturated rings. The molecule has 1 aliphatic heterocycles. The SMILES string of the molecule is COc1c(Br)cccc1C1CCN(C(=O)OC(C)(C)C)C1. The Kier molecular flexibility index (Phi) is 4.81. The first-order chi connectivity index (χ1) is 9.81. The van der Waals surface area contributed by atoms with Crippen LogP contribution in [0.1, 0.15) is 38.7 Å². The van der Waals surface area contributed by atoms with Crippen LogP contribution in [0.4, 0.5) is 4.79 Å². The third kappa shape index (κ3) is 3.90. The summed E-state index contributed by atoms with van der Waals surface area (Å²) in [5.74, 6) is 1.14. The lowest BCUT2D eigenvalue weighted by Gasteiger charge is -2.24. The van der Waals surface area contributed by atoms with Crippen molar-refractivity contribution in [2.24, 2.45) is 0 Å². The van der Waals surface area contributed by atoms with Gasteiger partial charge in [0, 0.05) is 24.6 Å². The number of ether oxygens (including phenoxy) is 2. The average Bonchev–Trinajstić information content (AvgIpc) is 2.86. The van der Waals surface area contributed by atoms with Gasteiger partial charge in [-0.1, -0.05) is 12.1 Å². The van der Waals surface area contributed by atoms with E-state index >= 15 is 0 Å². The first kappa shape index (κ1) is 16.1. The molecule has 1 aromatic rings. The van der Waals surface area contributed by atoms with Gasteiger partial charge in [0.1, 0.15) is 11.4 Å². The summed E-state index contributed by atoms with van der Waals surface area (Å²) in [5, 5.41) is 0. The Morgan fingerprint density at radius 1 is 1.38 bits per heavy atom. The van der Waals surface area contributed by atoms with Gasteiger partial charge in [-0.25, -0.2) is 4.79 Å². The highest BCUT2D eigenvalue weighted by Gasteiger charge is 2.32. The lowest BCUT2D eigenvalue weighted by atomic mass is 9.97. The van der Waals surface area contributed by atoms with Crippen molar-refractivity contribution in [1.82, 2.24) is 4.90 Å². The Balaban J connectivity index is 2.09. The molecule has 1 saturated heterocycles. The van der Waals surface area contributed by atoms with Crippen LogP contribution in [0.5, 0.6) is 5.75 Å². The number of nitrogens with zero attached hydrogens (tertiary/aromatic N) is 1. The number of hydrogen-bond acceptors (Lipinski definition) is 3. The molecule has 1 amide bonds. The summed E-state index contributed by atoms with van der Waals surface area (Å²) in [6.07, 6.45) is 0.686. The molecule has 5 heteroatoms. The summed E-state index contributed by atoms with van der Waals surface area (Å²) in [6.45, 7) is 7.04. The van der Waals surface area contributed by atoms with Gasteiger partial charge >= 0.3 is 6.09 Å². The number of halogens is 1. The Labute approximate surface area is 134 Å². The Hall–Kier alpha value is -1.23. The summed E-state index contributed by atoms with van der Waals surface area (Å²) in [7, 11) is 1.67. The van der Waals surface area contributed by atoms with E-state index in [1.807, 2.05) is 32.9 Å². The Bertz CT molecular complexity index is 525. The number of rotatable bonds is 2. The minimum absolute atomic E-state index is 0.237. The van der Waals surface area contributed by atoms with E-state index in [9.17, 15) is 4.79 Å².